The lowest BCUT2D eigenvalue weighted by atomic mass is 9.86. The van der Waals surface area contributed by atoms with E-state index in [1.807, 2.05) is 43.1 Å². The second-order valence-electron chi connectivity index (χ2n) is 9.03. The second kappa shape index (κ2) is 9.54. The molecule has 3 aliphatic heterocycles. The largest absolute Gasteiger partial charge is 0.489 e. The zero-order valence-corrected chi connectivity index (χ0v) is 19.5. The summed E-state index contributed by atoms with van der Waals surface area (Å²) in [4.78, 5) is 52.2. The standard InChI is InChI=1S/C25H26BN3O6/c26-23(28-10-11-34-14-22(28)31)16-6-4-15(5-7-16)13-35-20-3-1-2-17-18(20)12-29(25(17)33)19-8-9-21(30)27-24(19)32/h1-7,19,23H,8-14,26H2,(H,27,30,32). The highest BCUT2D eigenvalue weighted by atomic mass is 16.5. The molecule has 0 saturated carbocycles. The minimum atomic E-state index is -0.659. The number of piperidine rings is 1. The van der Waals surface area contributed by atoms with Crippen molar-refractivity contribution >= 4 is 31.5 Å². The highest BCUT2D eigenvalue weighted by Crippen LogP contribution is 2.34. The number of amides is 4. The number of fused-ring (bicyclic) bond motifs is 1. The summed E-state index contributed by atoms with van der Waals surface area (Å²) in [5.74, 6) is -0.412. The number of hydrogen-bond acceptors (Lipinski definition) is 6. The van der Waals surface area contributed by atoms with Gasteiger partial charge in [-0.2, -0.15) is 0 Å². The zero-order valence-electron chi connectivity index (χ0n) is 19.5. The number of carbonyl (C=O) groups is 4. The summed E-state index contributed by atoms with van der Waals surface area (Å²) < 4.78 is 11.3. The molecular formula is C25H26BN3O6. The average molecular weight is 475 g/mol. The van der Waals surface area contributed by atoms with Crippen molar-refractivity contribution in [3.63, 3.8) is 0 Å². The van der Waals surface area contributed by atoms with Crippen molar-refractivity contribution in [3.05, 3.63) is 64.7 Å². The van der Waals surface area contributed by atoms with Gasteiger partial charge in [-0.25, -0.2) is 0 Å². The Bertz CT molecular complexity index is 1180. The van der Waals surface area contributed by atoms with Crippen LogP contribution in [0.2, 0.25) is 0 Å². The van der Waals surface area contributed by atoms with Gasteiger partial charge in [0.1, 0.15) is 32.9 Å². The van der Waals surface area contributed by atoms with Gasteiger partial charge in [0.15, 0.2) is 0 Å². The SMILES string of the molecule is BC(c1ccc(COc2cccc3c2CN(C2CCC(=O)NC2=O)C3=O)cc1)N1CCOCC1=O. The maximum absolute atomic E-state index is 13.0. The summed E-state index contributed by atoms with van der Waals surface area (Å²) in [6, 6.07) is 12.6. The molecule has 3 heterocycles. The van der Waals surface area contributed by atoms with Crippen LogP contribution in [0.4, 0.5) is 0 Å². The van der Waals surface area contributed by atoms with Crippen molar-refractivity contribution in [2.75, 3.05) is 19.8 Å². The Morgan fingerprint density at radius 2 is 1.91 bits per heavy atom. The highest BCUT2D eigenvalue weighted by Gasteiger charge is 2.40. The Morgan fingerprint density at radius 1 is 1.11 bits per heavy atom. The highest BCUT2D eigenvalue weighted by molar-refractivity contribution is 6.13. The normalized spacial score (nSPS) is 21.1. The van der Waals surface area contributed by atoms with Crippen molar-refractivity contribution in [1.82, 2.24) is 15.1 Å². The molecule has 2 unspecified atom stereocenters. The number of rotatable bonds is 6. The minimum absolute atomic E-state index is 0.00464. The summed E-state index contributed by atoms with van der Waals surface area (Å²) in [5.41, 5.74) is 3.26. The lowest BCUT2D eigenvalue weighted by Gasteiger charge is -2.33. The molecule has 0 aliphatic carbocycles. The molecule has 5 rings (SSSR count). The smallest absolute Gasteiger partial charge is 0.255 e. The first-order valence-electron chi connectivity index (χ1n) is 11.8. The molecular weight excluding hydrogens is 449 g/mol. The van der Waals surface area contributed by atoms with E-state index in [1.165, 1.54) is 4.90 Å². The summed E-state index contributed by atoms with van der Waals surface area (Å²) in [7, 11) is 2.01. The quantitative estimate of drug-likeness (QED) is 0.483. The second-order valence-corrected chi connectivity index (χ2v) is 9.03. The maximum atomic E-state index is 13.0. The molecule has 35 heavy (non-hydrogen) atoms. The number of carbonyl (C=O) groups excluding carboxylic acids is 4. The van der Waals surface area contributed by atoms with Gasteiger partial charge in [-0.05, 0) is 29.7 Å². The van der Waals surface area contributed by atoms with Crippen molar-refractivity contribution in [2.45, 2.75) is 38.0 Å². The predicted molar refractivity (Wildman–Crippen MR) is 127 cm³/mol. The molecule has 0 aromatic heterocycles. The van der Waals surface area contributed by atoms with Crippen molar-refractivity contribution in [2.24, 2.45) is 0 Å². The Balaban J connectivity index is 1.25. The van der Waals surface area contributed by atoms with E-state index < -0.39 is 11.9 Å². The Labute approximate surface area is 203 Å². The molecule has 2 saturated heterocycles. The van der Waals surface area contributed by atoms with Crippen molar-refractivity contribution in [3.8, 4) is 5.75 Å². The Hall–Kier alpha value is -3.66. The van der Waals surface area contributed by atoms with Crippen LogP contribution in [0.25, 0.3) is 0 Å². The van der Waals surface area contributed by atoms with Gasteiger partial charge in [0.2, 0.25) is 17.7 Å². The average Bonchev–Trinajstić information content (AvgIpc) is 3.20. The van der Waals surface area contributed by atoms with Gasteiger partial charge in [0, 0.05) is 30.0 Å². The third kappa shape index (κ3) is 4.53. The molecule has 2 atom stereocenters. The van der Waals surface area contributed by atoms with Crippen LogP contribution in [0.1, 0.15) is 45.8 Å². The summed E-state index contributed by atoms with van der Waals surface area (Å²) in [6.45, 7) is 1.83. The van der Waals surface area contributed by atoms with E-state index >= 15 is 0 Å². The van der Waals surface area contributed by atoms with Gasteiger partial charge in [-0.3, -0.25) is 24.5 Å². The van der Waals surface area contributed by atoms with E-state index in [1.54, 1.807) is 12.1 Å². The molecule has 4 amide bonds. The summed E-state index contributed by atoms with van der Waals surface area (Å²) >= 11 is 0. The van der Waals surface area contributed by atoms with Gasteiger partial charge in [0.25, 0.3) is 5.91 Å². The molecule has 0 radical (unpaired) electrons. The Morgan fingerprint density at radius 3 is 2.66 bits per heavy atom. The fourth-order valence-corrected chi connectivity index (χ4v) is 4.87. The van der Waals surface area contributed by atoms with Crippen LogP contribution >= 0.6 is 0 Å². The fraction of sp³-hybridized carbons (Fsp3) is 0.360. The number of morpholine rings is 1. The number of benzene rings is 2. The van der Waals surface area contributed by atoms with Crippen molar-refractivity contribution in [1.29, 1.82) is 0 Å². The third-order valence-electron chi connectivity index (χ3n) is 6.89. The van der Waals surface area contributed by atoms with Gasteiger partial charge >= 0.3 is 0 Å². The van der Waals surface area contributed by atoms with Gasteiger partial charge in [0.05, 0.1) is 13.2 Å². The monoisotopic (exact) mass is 475 g/mol. The van der Waals surface area contributed by atoms with Crippen LogP contribution in [-0.4, -0.2) is 67.1 Å². The number of ether oxygens (including phenoxy) is 2. The fourth-order valence-electron chi connectivity index (χ4n) is 4.87. The van der Waals surface area contributed by atoms with Gasteiger partial charge in [-0.15, -0.1) is 0 Å². The van der Waals surface area contributed by atoms with Crippen LogP contribution in [0.15, 0.2) is 42.5 Å². The molecule has 2 fully saturated rings. The Kier molecular flexibility index (Phi) is 6.30. The topological polar surface area (TPSA) is 105 Å². The van der Waals surface area contributed by atoms with Gasteiger partial charge < -0.3 is 19.3 Å². The van der Waals surface area contributed by atoms with E-state index in [0.717, 1.165) is 16.7 Å². The minimum Gasteiger partial charge on any atom is -0.489 e. The van der Waals surface area contributed by atoms with E-state index in [0.29, 0.717) is 37.5 Å². The molecule has 0 spiro atoms. The molecule has 180 valence electrons. The van der Waals surface area contributed by atoms with E-state index in [-0.39, 0.29) is 43.2 Å². The first kappa shape index (κ1) is 23.1. The molecule has 2 aromatic rings. The number of hydrogen-bond donors (Lipinski definition) is 1. The van der Waals surface area contributed by atoms with E-state index in [4.69, 9.17) is 9.47 Å². The van der Waals surface area contributed by atoms with Crippen LogP contribution in [0.3, 0.4) is 0 Å². The molecule has 2 aromatic carbocycles. The lowest BCUT2D eigenvalue weighted by molar-refractivity contribution is -0.143. The summed E-state index contributed by atoms with van der Waals surface area (Å²) in [6.07, 6.45) is 0.537. The van der Waals surface area contributed by atoms with Crippen LogP contribution in [-0.2, 0) is 32.3 Å². The van der Waals surface area contributed by atoms with Crippen LogP contribution in [0, 0.1) is 0 Å². The molecule has 10 heteroatoms. The first-order valence-corrected chi connectivity index (χ1v) is 11.8. The van der Waals surface area contributed by atoms with Crippen LogP contribution in [0.5, 0.6) is 5.75 Å². The van der Waals surface area contributed by atoms with E-state index in [9.17, 15) is 19.2 Å². The maximum Gasteiger partial charge on any atom is 0.255 e. The predicted octanol–water partition coefficient (Wildman–Crippen LogP) is 0.517. The molecule has 9 nitrogen and oxygen atoms in total. The van der Waals surface area contributed by atoms with Crippen LogP contribution < -0.4 is 10.1 Å². The van der Waals surface area contributed by atoms with Gasteiger partial charge in [-0.1, -0.05) is 30.3 Å². The number of nitrogens with zero attached hydrogens (tertiary/aromatic N) is 2. The molecule has 3 aliphatic rings. The number of nitrogens with one attached hydrogen (secondary N) is 1. The van der Waals surface area contributed by atoms with E-state index in [2.05, 4.69) is 5.32 Å². The molecule has 0 bridgehead atoms. The lowest BCUT2D eigenvalue weighted by Crippen LogP contribution is -2.52. The van der Waals surface area contributed by atoms with Crippen molar-refractivity contribution < 1.29 is 28.7 Å². The molecule has 1 N–H and O–H groups in total. The number of imide groups is 1. The zero-order chi connectivity index (χ0) is 24.5. The first-order chi connectivity index (χ1) is 16.9. The summed E-state index contributed by atoms with van der Waals surface area (Å²) in [5, 5.41) is 2.32. The third-order valence-corrected chi connectivity index (χ3v) is 6.89.